The number of imidazole rings is 1. The van der Waals surface area contributed by atoms with Crippen molar-refractivity contribution in [3.8, 4) is 0 Å². The van der Waals surface area contributed by atoms with Crippen molar-refractivity contribution >= 4 is 35.6 Å². The van der Waals surface area contributed by atoms with Crippen molar-refractivity contribution in [2.75, 3.05) is 13.2 Å². The maximum Gasteiger partial charge on any atom is 0.326 e. The lowest BCUT2D eigenvalue weighted by Gasteiger charge is -2.24. The van der Waals surface area contributed by atoms with E-state index in [4.69, 9.17) is 22.3 Å². The summed E-state index contributed by atoms with van der Waals surface area (Å²) in [5.74, 6) is -5.53. The molecule has 0 saturated carbocycles. The summed E-state index contributed by atoms with van der Waals surface area (Å²) >= 11 is 0. The van der Waals surface area contributed by atoms with Gasteiger partial charge in [0.2, 0.25) is 17.7 Å². The van der Waals surface area contributed by atoms with Crippen LogP contribution in [0.2, 0.25) is 0 Å². The van der Waals surface area contributed by atoms with Gasteiger partial charge in [-0.15, -0.1) is 0 Å². The number of aliphatic hydroxyl groups excluding tert-OH is 1. The Morgan fingerprint density at radius 2 is 1.59 bits per heavy atom. The number of carbonyl (C=O) groups is 5. The molecule has 0 radical (unpaired) electrons. The van der Waals surface area contributed by atoms with Gasteiger partial charge in [-0.25, -0.2) is 9.78 Å². The lowest BCUT2D eigenvalue weighted by atomic mass is 10.1. The van der Waals surface area contributed by atoms with Gasteiger partial charge in [-0.3, -0.25) is 24.2 Å². The molecule has 0 aliphatic heterocycles. The van der Waals surface area contributed by atoms with Crippen LogP contribution in [0.5, 0.6) is 0 Å². The minimum Gasteiger partial charge on any atom is -0.481 e. The molecule has 17 heteroatoms. The predicted octanol–water partition coefficient (Wildman–Crippen LogP) is -4.27. The number of amides is 3. The largest absolute Gasteiger partial charge is 0.481 e. The van der Waals surface area contributed by atoms with E-state index in [1.165, 1.54) is 12.5 Å². The van der Waals surface area contributed by atoms with E-state index >= 15 is 0 Å². The molecule has 1 aromatic rings. The van der Waals surface area contributed by atoms with Gasteiger partial charge in [0.1, 0.15) is 18.1 Å². The number of carboxylic acid groups (broad SMARTS) is 2. The predicted molar refractivity (Wildman–Crippen MR) is 128 cm³/mol. The van der Waals surface area contributed by atoms with Crippen molar-refractivity contribution in [2.45, 2.75) is 56.3 Å². The van der Waals surface area contributed by atoms with Crippen LogP contribution < -0.4 is 33.2 Å². The van der Waals surface area contributed by atoms with Crippen molar-refractivity contribution < 1.29 is 39.3 Å². The first-order valence-electron chi connectivity index (χ1n) is 11.2. The first-order valence-corrected chi connectivity index (χ1v) is 11.2. The third-order valence-corrected chi connectivity index (χ3v) is 4.99. The number of nitrogens with zero attached hydrogens (tertiary/aromatic N) is 2. The molecule has 0 saturated heterocycles. The molecule has 37 heavy (non-hydrogen) atoms. The number of carboxylic acids is 2. The van der Waals surface area contributed by atoms with Crippen LogP contribution in [0.25, 0.3) is 0 Å². The third-order valence-electron chi connectivity index (χ3n) is 4.99. The second kappa shape index (κ2) is 15.7. The monoisotopic (exact) mass is 527 g/mol. The maximum atomic E-state index is 12.9. The molecule has 4 atom stereocenters. The van der Waals surface area contributed by atoms with Crippen molar-refractivity contribution in [1.82, 2.24) is 25.9 Å². The van der Waals surface area contributed by atoms with Crippen LogP contribution in [0.1, 0.15) is 31.4 Å². The highest BCUT2D eigenvalue weighted by Crippen LogP contribution is 2.04. The van der Waals surface area contributed by atoms with E-state index in [1.807, 2.05) is 0 Å². The number of nitrogens with two attached hydrogens (primary N) is 3. The number of hydrogen-bond acceptors (Lipinski definition) is 9. The Kier molecular flexibility index (Phi) is 13.0. The molecule has 0 aliphatic rings. The Balaban J connectivity index is 2.88. The van der Waals surface area contributed by atoms with Crippen LogP contribution in [-0.2, 0) is 30.4 Å². The van der Waals surface area contributed by atoms with Crippen LogP contribution in [0.4, 0.5) is 0 Å². The minimum absolute atomic E-state index is 0.0290. The van der Waals surface area contributed by atoms with Gasteiger partial charge < -0.3 is 53.5 Å². The van der Waals surface area contributed by atoms with E-state index in [9.17, 15) is 34.2 Å². The van der Waals surface area contributed by atoms with Gasteiger partial charge in [-0.1, -0.05) is 0 Å². The fraction of sp³-hybridized carbons (Fsp3) is 0.550. The zero-order chi connectivity index (χ0) is 28.0. The topological polar surface area (TPSA) is 301 Å². The standard InChI is InChI=1S/C20H33N9O8/c21-11(6-10-7-24-9-26-10)16(33)27-12(2-1-5-25-20(22)23)17(34)29-14(8-30)18(35)28-13(19(36)37)3-4-15(31)32/h7,9,11-14,30H,1-6,8,21H2,(H,24,26)(H,27,33)(H,28,35)(H,29,34)(H,31,32)(H,36,37)(H4,22,23,25). The second-order valence-electron chi connectivity index (χ2n) is 7.97. The van der Waals surface area contributed by atoms with E-state index in [2.05, 4.69) is 30.9 Å². The van der Waals surface area contributed by atoms with Crippen LogP contribution in [0, 0.1) is 0 Å². The highest BCUT2D eigenvalue weighted by atomic mass is 16.4. The molecule has 0 bridgehead atoms. The molecule has 4 unspecified atom stereocenters. The fourth-order valence-electron chi connectivity index (χ4n) is 3.04. The Morgan fingerprint density at radius 3 is 2.14 bits per heavy atom. The quantitative estimate of drug-likeness (QED) is 0.0523. The van der Waals surface area contributed by atoms with E-state index in [0.717, 1.165) is 0 Å². The minimum atomic E-state index is -1.59. The average molecular weight is 528 g/mol. The van der Waals surface area contributed by atoms with Crippen LogP contribution in [0.15, 0.2) is 17.5 Å². The number of rotatable bonds is 17. The van der Waals surface area contributed by atoms with Crippen LogP contribution in [-0.4, -0.2) is 98.2 Å². The zero-order valence-electron chi connectivity index (χ0n) is 19.9. The van der Waals surface area contributed by atoms with Crippen molar-refractivity contribution in [3.05, 3.63) is 18.2 Å². The number of aromatic amines is 1. The summed E-state index contributed by atoms with van der Waals surface area (Å²) in [5.41, 5.74) is 17.1. The highest BCUT2D eigenvalue weighted by Gasteiger charge is 2.30. The van der Waals surface area contributed by atoms with Gasteiger partial charge in [0, 0.05) is 31.3 Å². The van der Waals surface area contributed by atoms with E-state index in [0.29, 0.717) is 5.69 Å². The lowest BCUT2D eigenvalue weighted by molar-refractivity contribution is -0.143. The summed E-state index contributed by atoms with van der Waals surface area (Å²) in [4.78, 5) is 70.5. The number of hydrogen-bond donors (Lipinski definition) is 10. The highest BCUT2D eigenvalue weighted by molar-refractivity contribution is 5.94. The molecular weight excluding hydrogens is 494 g/mol. The summed E-state index contributed by atoms with van der Waals surface area (Å²) in [5, 5.41) is 34.4. The number of aliphatic hydroxyl groups is 1. The van der Waals surface area contributed by atoms with Gasteiger partial charge in [0.15, 0.2) is 5.96 Å². The van der Waals surface area contributed by atoms with Gasteiger partial charge in [-0.05, 0) is 19.3 Å². The van der Waals surface area contributed by atoms with E-state index in [1.54, 1.807) is 0 Å². The van der Waals surface area contributed by atoms with Crippen molar-refractivity contribution in [2.24, 2.45) is 22.2 Å². The Hall–Kier alpha value is -4.25. The molecule has 0 spiro atoms. The van der Waals surface area contributed by atoms with E-state index < -0.39 is 73.3 Å². The van der Waals surface area contributed by atoms with Crippen LogP contribution >= 0.6 is 0 Å². The summed E-state index contributed by atoms with van der Waals surface area (Å²) in [6.45, 7) is -0.771. The number of aliphatic imine (C=N–C) groups is 1. The molecule has 1 rings (SSSR count). The number of nitrogens with one attached hydrogen (secondary N) is 4. The third kappa shape index (κ3) is 11.8. The van der Waals surface area contributed by atoms with Gasteiger partial charge in [0.05, 0.1) is 19.0 Å². The SMILES string of the molecule is NC(N)=NCCCC(NC(=O)C(N)Cc1cnc[nH]1)C(=O)NC(CO)C(=O)NC(CCC(=O)O)C(=O)O. The molecule has 17 nitrogen and oxygen atoms in total. The molecular formula is C20H33N9O8. The summed E-state index contributed by atoms with van der Waals surface area (Å²) in [7, 11) is 0. The molecule has 0 fully saturated rings. The second-order valence-corrected chi connectivity index (χ2v) is 7.97. The Bertz CT molecular complexity index is 950. The van der Waals surface area contributed by atoms with Gasteiger partial charge in [-0.2, -0.15) is 0 Å². The first-order chi connectivity index (χ1) is 17.4. The normalized spacial score (nSPS) is 13.9. The molecule has 13 N–H and O–H groups in total. The summed E-state index contributed by atoms with van der Waals surface area (Å²) in [6, 6.07) is -5.41. The smallest absolute Gasteiger partial charge is 0.326 e. The molecule has 0 aromatic carbocycles. The maximum absolute atomic E-state index is 12.9. The number of H-pyrrole nitrogens is 1. The number of guanidine groups is 1. The van der Waals surface area contributed by atoms with Crippen molar-refractivity contribution in [3.63, 3.8) is 0 Å². The fourth-order valence-corrected chi connectivity index (χ4v) is 3.04. The molecule has 206 valence electrons. The summed E-state index contributed by atoms with van der Waals surface area (Å²) < 4.78 is 0. The molecule has 1 heterocycles. The van der Waals surface area contributed by atoms with E-state index in [-0.39, 0.29) is 31.8 Å². The van der Waals surface area contributed by atoms with Gasteiger partial charge in [0.25, 0.3) is 0 Å². The molecule has 0 aliphatic carbocycles. The Labute approximate surface area is 211 Å². The number of aliphatic carboxylic acids is 2. The summed E-state index contributed by atoms with van der Waals surface area (Å²) in [6.07, 6.45) is 2.33. The lowest BCUT2D eigenvalue weighted by Crippen LogP contribution is -2.58. The van der Waals surface area contributed by atoms with Crippen LogP contribution in [0.3, 0.4) is 0 Å². The first kappa shape index (κ1) is 30.8. The number of aromatic nitrogens is 2. The molecule has 3 amide bonds. The van der Waals surface area contributed by atoms with Gasteiger partial charge >= 0.3 is 11.9 Å². The van der Waals surface area contributed by atoms with Crippen molar-refractivity contribution in [1.29, 1.82) is 0 Å². The molecule has 1 aromatic heterocycles. The zero-order valence-corrected chi connectivity index (χ0v) is 19.9. The number of carbonyl (C=O) groups excluding carboxylic acids is 3. The average Bonchev–Trinajstić information content (AvgIpc) is 3.34. The Morgan fingerprint density at radius 1 is 0.973 bits per heavy atom.